The van der Waals surface area contributed by atoms with Gasteiger partial charge in [0.2, 0.25) is 0 Å². The molecule has 8 heteroatoms. The van der Waals surface area contributed by atoms with Crippen molar-refractivity contribution in [2.24, 2.45) is 0 Å². The highest BCUT2D eigenvalue weighted by Gasteiger charge is 2.11. The summed E-state index contributed by atoms with van der Waals surface area (Å²) in [4.78, 5) is 17.0. The molecule has 0 aliphatic heterocycles. The molecule has 0 aliphatic carbocycles. The summed E-state index contributed by atoms with van der Waals surface area (Å²) >= 11 is 13.0. The number of carbonyl (C=O) groups excluding carboxylic acids is 1. The van der Waals surface area contributed by atoms with Crippen LogP contribution >= 0.6 is 35.2 Å². The molecule has 1 heterocycles. The Morgan fingerprint density at radius 3 is 2.61 bits per heavy atom. The summed E-state index contributed by atoms with van der Waals surface area (Å²) in [7, 11) is 1.52. The molecule has 0 saturated carbocycles. The second-order valence-electron chi connectivity index (χ2n) is 6.67. The molecule has 3 aromatic carbocycles. The molecule has 31 heavy (non-hydrogen) atoms. The zero-order chi connectivity index (χ0) is 21.8. The number of ether oxygens (including phenoxy) is 1. The Labute approximate surface area is 194 Å². The van der Waals surface area contributed by atoms with Crippen molar-refractivity contribution in [1.29, 1.82) is 0 Å². The monoisotopic (exact) mass is 467 g/mol. The molecule has 0 saturated heterocycles. The number of nitrogens with one attached hydrogen (secondary N) is 2. The third-order valence-electron chi connectivity index (χ3n) is 4.59. The lowest BCUT2D eigenvalue weighted by Gasteiger charge is -2.11. The maximum Gasteiger partial charge on any atom is 0.257 e. The van der Waals surface area contributed by atoms with Crippen LogP contribution in [-0.4, -0.2) is 23.1 Å². The quantitative estimate of drug-likeness (QED) is 0.383. The van der Waals surface area contributed by atoms with Crippen LogP contribution in [0.5, 0.6) is 5.75 Å². The first-order chi connectivity index (χ1) is 15.0. The van der Waals surface area contributed by atoms with Crippen molar-refractivity contribution in [3.8, 4) is 16.3 Å². The smallest absolute Gasteiger partial charge is 0.257 e. The van der Waals surface area contributed by atoms with Gasteiger partial charge in [-0.1, -0.05) is 48.0 Å². The Kier molecular flexibility index (Phi) is 6.46. The van der Waals surface area contributed by atoms with Gasteiger partial charge < -0.3 is 10.1 Å². The number of halogens is 1. The van der Waals surface area contributed by atoms with Crippen LogP contribution < -0.4 is 15.4 Å². The molecule has 4 aromatic rings. The van der Waals surface area contributed by atoms with Crippen molar-refractivity contribution in [2.45, 2.75) is 6.54 Å². The van der Waals surface area contributed by atoms with E-state index >= 15 is 0 Å². The number of thiocarbonyl (C=S) groups is 1. The maximum atomic E-state index is 12.3. The second-order valence-corrected chi connectivity index (χ2v) is 8.52. The number of thiazole rings is 1. The molecule has 0 aliphatic rings. The number of benzene rings is 3. The third kappa shape index (κ3) is 5.02. The number of carbonyl (C=O) groups is 1. The van der Waals surface area contributed by atoms with Crippen LogP contribution in [0.3, 0.4) is 0 Å². The Morgan fingerprint density at radius 1 is 1.13 bits per heavy atom. The van der Waals surface area contributed by atoms with Crippen molar-refractivity contribution in [3.63, 3.8) is 0 Å². The Bertz CT molecular complexity index is 1220. The van der Waals surface area contributed by atoms with E-state index in [0.717, 1.165) is 21.7 Å². The van der Waals surface area contributed by atoms with E-state index in [1.54, 1.807) is 29.5 Å². The molecule has 0 radical (unpaired) electrons. The summed E-state index contributed by atoms with van der Waals surface area (Å²) in [6, 6.07) is 21.0. The van der Waals surface area contributed by atoms with Gasteiger partial charge in [0, 0.05) is 17.7 Å². The lowest BCUT2D eigenvalue weighted by Crippen LogP contribution is -2.38. The number of methoxy groups -OCH3 is 1. The largest absolute Gasteiger partial charge is 0.495 e. The van der Waals surface area contributed by atoms with Crippen molar-refractivity contribution >= 4 is 56.4 Å². The van der Waals surface area contributed by atoms with Crippen LogP contribution in [-0.2, 0) is 6.54 Å². The van der Waals surface area contributed by atoms with Crippen LogP contribution in [0.25, 0.3) is 20.8 Å². The van der Waals surface area contributed by atoms with Crippen molar-refractivity contribution < 1.29 is 9.53 Å². The number of para-hydroxylation sites is 1. The zero-order valence-corrected chi connectivity index (χ0v) is 18.9. The average Bonchev–Trinajstić information content (AvgIpc) is 3.22. The minimum atomic E-state index is -0.340. The van der Waals surface area contributed by atoms with Crippen molar-refractivity contribution in [2.75, 3.05) is 7.11 Å². The number of fused-ring (bicyclic) bond motifs is 1. The molecule has 0 unspecified atom stereocenters. The van der Waals surface area contributed by atoms with E-state index in [-0.39, 0.29) is 11.0 Å². The number of amides is 1. The predicted molar refractivity (Wildman–Crippen MR) is 130 cm³/mol. The van der Waals surface area contributed by atoms with Crippen LogP contribution in [0.2, 0.25) is 5.02 Å². The standard InChI is InChI=1S/C23H18ClN3O2S2/c1-29-19-11-10-16(12-17(19)24)21(28)27-23(30)25-13-14-6-8-15(9-7-14)22-26-18-4-2-3-5-20(18)31-22/h2-12H,13H2,1H3,(H2,25,27,28,30). The number of hydrogen-bond donors (Lipinski definition) is 2. The van der Waals surface area contributed by atoms with Gasteiger partial charge >= 0.3 is 0 Å². The summed E-state index contributed by atoms with van der Waals surface area (Å²) in [5, 5.41) is 7.30. The first kappa shape index (κ1) is 21.2. The topological polar surface area (TPSA) is 63.2 Å². The highest BCUT2D eigenvalue weighted by molar-refractivity contribution is 7.80. The van der Waals surface area contributed by atoms with Gasteiger partial charge in [-0.15, -0.1) is 11.3 Å². The third-order valence-corrected chi connectivity index (χ3v) is 6.22. The van der Waals surface area contributed by atoms with Crippen LogP contribution in [0, 0.1) is 0 Å². The van der Waals surface area contributed by atoms with E-state index in [4.69, 9.17) is 28.6 Å². The Morgan fingerprint density at radius 2 is 1.90 bits per heavy atom. The molecule has 156 valence electrons. The van der Waals surface area contributed by atoms with Gasteiger partial charge in [0.15, 0.2) is 5.11 Å². The second kappa shape index (κ2) is 9.43. The molecule has 1 amide bonds. The molecule has 0 spiro atoms. The first-order valence-electron chi connectivity index (χ1n) is 9.41. The van der Waals surface area contributed by atoms with Crippen LogP contribution in [0.1, 0.15) is 15.9 Å². The SMILES string of the molecule is COc1ccc(C(=O)NC(=S)NCc2ccc(-c3nc4ccccc4s3)cc2)cc1Cl. The minimum Gasteiger partial charge on any atom is -0.495 e. The van der Waals surface area contributed by atoms with E-state index in [1.807, 2.05) is 42.5 Å². The molecule has 2 N–H and O–H groups in total. The molecular formula is C23H18ClN3O2S2. The maximum absolute atomic E-state index is 12.3. The van der Waals surface area contributed by atoms with Gasteiger partial charge in [-0.05, 0) is 48.1 Å². The van der Waals surface area contributed by atoms with Gasteiger partial charge in [-0.3, -0.25) is 10.1 Å². The molecular weight excluding hydrogens is 450 g/mol. The summed E-state index contributed by atoms with van der Waals surface area (Å²) in [6.07, 6.45) is 0. The van der Waals surface area contributed by atoms with Crippen LogP contribution in [0.4, 0.5) is 0 Å². The van der Waals surface area contributed by atoms with Crippen LogP contribution in [0.15, 0.2) is 66.7 Å². The Balaban J connectivity index is 1.34. The highest BCUT2D eigenvalue weighted by atomic mass is 35.5. The minimum absolute atomic E-state index is 0.243. The van der Waals surface area contributed by atoms with Gasteiger partial charge in [-0.25, -0.2) is 4.98 Å². The summed E-state index contributed by atoms with van der Waals surface area (Å²) in [5.74, 6) is 0.168. The van der Waals surface area contributed by atoms with Crippen molar-refractivity contribution in [3.05, 3.63) is 82.9 Å². The number of hydrogen-bond acceptors (Lipinski definition) is 5. The number of rotatable bonds is 5. The molecule has 4 rings (SSSR count). The normalized spacial score (nSPS) is 10.6. The summed E-state index contributed by atoms with van der Waals surface area (Å²) in [6.45, 7) is 0.489. The summed E-state index contributed by atoms with van der Waals surface area (Å²) in [5.41, 5.74) is 3.51. The van der Waals surface area contributed by atoms with E-state index in [9.17, 15) is 4.79 Å². The predicted octanol–water partition coefficient (Wildman–Crippen LogP) is 5.43. The fourth-order valence-electron chi connectivity index (χ4n) is 2.97. The zero-order valence-electron chi connectivity index (χ0n) is 16.5. The average molecular weight is 468 g/mol. The fraction of sp³-hybridized carbons (Fsp3) is 0.0870. The number of aromatic nitrogens is 1. The van der Waals surface area contributed by atoms with Gasteiger partial charge in [0.05, 0.1) is 22.3 Å². The Hall–Kier alpha value is -3.00. The first-order valence-corrected chi connectivity index (χ1v) is 11.0. The molecule has 0 bridgehead atoms. The van der Waals surface area contributed by atoms with Gasteiger partial charge in [0.1, 0.15) is 10.8 Å². The molecule has 5 nitrogen and oxygen atoms in total. The highest BCUT2D eigenvalue weighted by Crippen LogP contribution is 2.30. The number of nitrogens with zero attached hydrogens (tertiary/aromatic N) is 1. The van der Waals surface area contributed by atoms with Gasteiger partial charge in [0.25, 0.3) is 5.91 Å². The molecule has 0 fully saturated rings. The summed E-state index contributed by atoms with van der Waals surface area (Å²) < 4.78 is 6.26. The van der Waals surface area contributed by atoms with Gasteiger partial charge in [-0.2, -0.15) is 0 Å². The van der Waals surface area contributed by atoms with Crippen molar-refractivity contribution in [1.82, 2.24) is 15.6 Å². The van der Waals surface area contributed by atoms with E-state index in [1.165, 1.54) is 11.8 Å². The fourth-order valence-corrected chi connectivity index (χ4v) is 4.36. The molecule has 1 aromatic heterocycles. The van der Waals surface area contributed by atoms with E-state index < -0.39 is 0 Å². The lowest BCUT2D eigenvalue weighted by atomic mass is 10.1. The molecule has 0 atom stereocenters. The lowest BCUT2D eigenvalue weighted by molar-refractivity contribution is 0.0976. The van der Waals surface area contributed by atoms with E-state index in [0.29, 0.717) is 22.9 Å². The van der Waals surface area contributed by atoms with E-state index in [2.05, 4.69) is 21.7 Å².